The van der Waals surface area contributed by atoms with Crippen molar-refractivity contribution in [2.45, 2.75) is 0 Å². The fraction of sp³-hybridized carbons (Fsp3) is 0. The van der Waals surface area contributed by atoms with E-state index in [0.29, 0.717) is 0 Å². The summed E-state index contributed by atoms with van der Waals surface area (Å²) in [6, 6.07) is 1.22. The molecule has 2 aromatic carbocycles. The number of rotatable bonds is 4. The molecule has 0 aromatic heterocycles. The fourth-order valence-corrected chi connectivity index (χ4v) is 1.81. The maximum atomic E-state index is 12.0. The second-order valence-electron chi connectivity index (χ2n) is 3.10. The van der Waals surface area contributed by atoms with E-state index in [0.717, 1.165) is 0 Å². The topological polar surface area (TPSA) is 76.0 Å². The van der Waals surface area contributed by atoms with Crippen LogP contribution in [0.1, 0.15) is 6.85 Å². The zero-order chi connectivity index (χ0) is 17.4. The van der Waals surface area contributed by atoms with Gasteiger partial charge in [0.05, 0.1) is 6.85 Å². The molecule has 0 fully saturated rings. The first-order valence-corrected chi connectivity index (χ1v) is 6.20. The highest BCUT2D eigenvalue weighted by Gasteiger charge is 2.24. The van der Waals surface area contributed by atoms with Gasteiger partial charge in [0.15, 0.2) is 0 Å². The van der Waals surface area contributed by atoms with E-state index in [-0.39, 0.29) is 11.5 Å². The Hall–Kier alpha value is -1.97. The van der Waals surface area contributed by atoms with Crippen LogP contribution in [0.3, 0.4) is 0 Å². The van der Waals surface area contributed by atoms with E-state index in [1.165, 1.54) is 24.3 Å². The average molecular weight is 271 g/mol. The molecule has 0 saturated heterocycles. The van der Waals surface area contributed by atoms with Crippen LogP contribution in [-0.4, -0.2) is 10.00 Å². The molecular weight excluding hydrogens is 255 g/mol. The van der Waals surface area contributed by atoms with Gasteiger partial charge >= 0.3 is 7.82 Å². The van der Waals surface area contributed by atoms with Gasteiger partial charge in [-0.25, -0.2) is 4.57 Å². The van der Waals surface area contributed by atoms with Crippen LogP contribution in [0.25, 0.3) is 0 Å². The van der Waals surface area contributed by atoms with Crippen molar-refractivity contribution in [3.05, 3.63) is 54.5 Å². The van der Waals surface area contributed by atoms with Crippen molar-refractivity contribution in [2.75, 3.05) is 0 Å². The number of aromatic hydroxyl groups is 1. The normalized spacial score (nSPS) is 17.5. The van der Waals surface area contributed by atoms with E-state index in [4.69, 9.17) is 16.5 Å². The third-order valence-electron chi connectivity index (χ3n) is 1.74. The standard InChI is InChI=1S/C12H11O5P/c13-10-6-8-12(9-7-10)17-18(14,15)16-11-4-2-1-3-5-11/h1-9,13H,(H,14,15)/i1D,2D,3D,4D,5D. The molecule has 0 spiro atoms. The summed E-state index contributed by atoms with van der Waals surface area (Å²) in [6.45, 7) is 0. The summed E-state index contributed by atoms with van der Waals surface area (Å²) in [6.07, 6.45) is 0. The van der Waals surface area contributed by atoms with Gasteiger partial charge in [-0.3, -0.25) is 4.89 Å². The molecule has 2 N–H and O–H groups in total. The van der Waals surface area contributed by atoms with Crippen molar-refractivity contribution in [1.82, 2.24) is 0 Å². The average Bonchev–Trinajstić information content (AvgIpc) is 2.50. The van der Waals surface area contributed by atoms with Crippen LogP contribution >= 0.6 is 7.82 Å². The van der Waals surface area contributed by atoms with Crippen molar-refractivity contribution < 1.29 is 30.5 Å². The summed E-state index contributed by atoms with van der Waals surface area (Å²) in [4.78, 5) is 9.70. The molecule has 0 aliphatic rings. The van der Waals surface area contributed by atoms with Gasteiger partial charge in [-0.1, -0.05) is 18.1 Å². The van der Waals surface area contributed by atoms with Crippen LogP contribution in [0.5, 0.6) is 17.2 Å². The highest BCUT2D eigenvalue weighted by molar-refractivity contribution is 7.48. The van der Waals surface area contributed by atoms with E-state index >= 15 is 0 Å². The van der Waals surface area contributed by atoms with Gasteiger partial charge in [-0.15, -0.1) is 0 Å². The van der Waals surface area contributed by atoms with Crippen LogP contribution in [0.15, 0.2) is 54.5 Å². The first-order chi connectivity index (χ1) is 10.6. The Labute approximate surface area is 111 Å². The van der Waals surface area contributed by atoms with Crippen LogP contribution < -0.4 is 9.05 Å². The second-order valence-corrected chi connectivity index (χ2v) is 4.40. The minimum absolute atomic E-state index is 0.0864. The number of benzene rings is 2. The van der Waals surface area contributed by atoms with Crippen molar-refractivity contribution in [3.63, 3.8) is 0 Å². The van der Waals surface area contributed by atoms with E-state index in [9.17, 15) is 9.46 Å². The molecule has 94 valence electrons. The van der Waals surface area contributed by atoms with E-state index in [2.05, 4.69) is 4.52 Å². The lowest BCUT2D eigenvalue weighted by Gasteiger charge is -2.13. The number of phenols is 1. The Morgan fingerprint density at radius 1 is 1.00 bits per heavy atom. The smallest absolute Gasteiger partial charge is 0.508 e. The van der Waals surface area contributed by atoms with Gasteiger partial charge in [0.2, 0.25) is 0 Å². The third kappa shape index (κ3) is 3.52. The molecule has 6 heteroatoms. The molecule has 1 unspecified atom stereocenters. The molecule has 2 rings (SSSR count). The quantitative estimate of drug-likeness (QED) is 0.836. The maximum absolute atomic E-state index is 12.0. The SMILES string of the molecule is [2H]c1c([2H])c([2H])c(OP(=O)(O)Oc2ccc(O)cc2)c([2H])c1[2H]. The lowest BCUT2D eigenvalue weighted by Crippen LogP contribution is -1.99. The highest BCUT2D eigenvalue weighted by atomic mass is 31.2. The Kier molecular flexibility index (Phi) is 2.12. The van der Waals surface area contributed by atoms with E-state index < -0.39 is 43.8 Å². The lowest BCUT2D eigenvalue weighted by atomic mass is 10.3. The van der Waals surface area contributed by atoms with E-state index in [1.807, 2.05) is 0 Å². The molecule has 5 nitrogen and oxygen atoms in total. The van der Waals surface area contributed by atoms with Gasteiger partial charge in [-0.2, -0.15) is 0 Å². The summed E-state index contributed by atoms with van der Waals surface area (Å²) >= 11 is 0. The number of phenolic OH excluding ortho intramolecular Hbond substituents is 1. The first-order valence-electron chi connectivity index (χ1n) is 7.20. The maximum Gasteiger partial charge on any atom is 0.584 e. The Balaban J connectivity index is 2.34. The minimum Gasteiger partial charge on any atom is -0.508 e. The summed E-state index contributed by atoms with van der Waals surface area (Å²) in [5.41, 5.74) is 0. The molecule has 2 aromatic rings. The summed E-state index contributed by atoms with van der Waals surface area (Å²) in [5.74, 6) is -0.988. The van der Waals surface area contributed by atoms with Crippen LogP contribution in [0.4, 0.5) is 0 Å². The van der Waals surface area contributed by atoms with E-state index in [1.54, 1.807) is 0 Å². The zero-order valence-electron chi connectivity index (χ0n) is 13.9. The first kappa shape index (κ1) is 7.46. The third-order valence-corrected chi connectivity index (χ3v) is 2.60. The molecule has 0 radical (unpaired) electrons. The van der Waals surface area contributed by atoms with Crippen molar-refractivity contribution in [3.8, 4) is 17.2 Å². The zero-order valence-corrected chi connectivity index (χ0v) is 9.77. The fourth-order valence-electron chi connectivity index (χ4n) is 1.06. The van der Waals surface area contributed by atoms with Crippen molar-refractivity contribution in [2.24, 2.45) is 0 Å². The molecule has 0 bridgehead atoms. The highest BCUT2D eigenvalue weighted by Crippen LogP contribution is 2.44. The summed E-state index contributed by atoms with van der Waals surface area (Å²) in [5, 5.41) is 9.12. The number of para-hydroxylation sites is 1. The largest absolute Gasteiger partial charge is 0.584 e. The van der Waals surface area contributed by atoms with Gasteiger partial charge in [-0.05, 0) is 36.4 Å². The van der Waals surface area contributed by atoms with Gasteiger partial charge < -0.3 is 14.2 Å². The molecule has 0 saturated carbocycles. The summed E-state index contributed by atoms with van der Waals surface area (Å²) < 4.78 is 58.9. The lowest BCUT2D eigenvalue weighted by molar-refractivity contribution is 0.290. The van der Waals surface area contributed by atoms with Gasteiger partial charge in [0.25, 0.3) is 0 Å². The van der Waals surface area contributed by atoms with Crippen LogP contribution in [0, 0.1) is 0 Å². The Bertz CT molecular complexity index is 766. The van der Waals surface area contributed by atoms with Crippen molar-refractivity contribution >= 4 is 7.82 Å². The molecule has 0 heterocycles. The minimum atomic E-state index is -4.81. The van der Waals surface area contributed by atoms with Gasteiger partial charge in [0.1, 0.15) is 17.2 Å². The molecule has 0 amide bonds. The monoisotopic (exact) mass is 271 g/mol. The van der Waals surface area contributed by atoms with Gasteiger partial charge in [0, 0.05) is 0 Å². The number of hydrogen-bond donors (Lipinski definition) is 2. The molecule has 0 aliphatic carbocycles. The van der Waals surface area contributed by atoms with Crippen LogP contribution in [-0.2, 0) is 4.57 Å². The molecule has 1 atom stereocenters. The molecule has 18 heavy (non-hydrogen) atoms. The predicted molar refractivity (Wildman–Crippen MR) is 65.6 cm³/mol. The number of hydrogen-bond acceptors (Lipinski definition) is 4. The second kappa shape index (κ2) is 5.12. The number of phosphoric ester groups is 1. The summed E-state index contributed by atoms with van der Waals surface area (Å²) in [7, 11) is -4.81. The molecular formula is C12H11O5P. The Morgan fingerprint density at radius 3 is 2.17 bits per heavy atom. The number of phosphoric acid groups is 1. The van der Waals surface area contributed by atoms with Crippen molar-refractivity contribution in [1.29, 1.82) is 0 Å². The van der Waals surface area contributed by atoms with Crippen LogP contribution in [0.2, 0.25) is 0 Å². The molecule has 0 aliphatic heterocycles. The predicted octanol–water partition coefficient (Wildman–Crippen LogP) is 2.95. The Morgan fingerprint density at radius 2 is 1.56 bits per heavy atom.